The van der Waals surface area contributed by atoms with Gasteiger partial charge in [-0.2, -0.15) is 11.8 Å². The molecule has 1 saturated heterocycles. The van der Waals surface area contributed by atoms with Gasteiger partial charge < -0.3 is 9.64 Å². The van der Waals surface area contributed by atoms with E-state index in [1.54, 1.807) is 6.20 Å². The van der Waals surface area contributed by atoms with Crippen molar-refractivity contribution in [2.45, 2.75) is 19.9 Å². The predicted octanol–water partition coefficient (Wildman–Crippen LogP) is 1.51. The summed E-state index contributed by atoms with van der Waals surface area (Å²) in [6.07, 6.45) is 1.55. The van der Waals surface area contributed by atoms with Crippen LogP contribution < -0.4 is 4.90 Å². The van der Waals surface area contributed by atoms with Crippen molar-refractivity contribution in [3.8, 4) is 0 Å². The fourth-order valence-electron chi connectivity index (χ4n) is 1.97. The van der Waals surface area contributed by atoms with E-state index in [0.29, 0.717) is 23.2 Å². The number of thioether (sulfide) groups is 1. The zero-order chi connectivity index (χ0) is 13.1. The minimum atomic E-state index is -0.379. The molecule has 1 unspecified atom stereocenters. The molecule has 1 aromatic rings. The number of methoxy groups -OCH3 is 1. The summed E-state index contributed by atoms with van der Waals surface area (Å²) in [5.74, 6) is 3.08. The van der Waals surface area contributed by atoms with E-state index in [4.69, 9.17) is 4.74 Å². The lowest BCUT2D eigenvalue weighted by molar-refractivity contribution is 0.0600. The molecule has 0 aliphatic carbocycles. The number of nitrogens with zero attached hydrogens (tertiary/aromatic N) is 3. The molecule has 98 valence electrons. The Morgan fingerprint density at radius 1 is 1.61 bits per heavy atom. The molecule has 0 amide bonds. The first kappa shape index (κ1) is 13.1. The maximum absolute atomic E-state index is 11.8. The number of rotatable bonds is 2. The molecule has 1 aliphatic heterocycles. The van der Waals surface area contributed by atoms with Gasteiger partial charge in [-0.25, -0.2) is 14.8 Å². The van der Waals surface area contributed by atoms with Crippen molar-refractivity contribution in [1.29, 1.82) is 0 Å². The van der Waals surface area contributed by atoms with Crippen LogP contribution in [0.15, 0.2) is 6.20 Å². The molecule has 0 bridgehead atoms. The fourth-order valence-corrected chi connectivity index (χ4v) is 2.99. The highest BCUT2D eigenvalue weighted by Crippen LogP contribution is 2.25. The van der Waals surface area contributed by atoms with Gasteiger partial charge in [-0.3, -0.25) is 0 Å². The molecule has 2 rings (SSSR count). The van der Waals surface area contributed by atoms with Crippen LogP contribution in [0.25, 0.3) is 0 Å². The molecule has 0 aromatic carbocycles. The Balaban J connectivity index is 2.40. The molecule has 6 heteroatoms. The van der Waals surface area contributed by atoms with E-state index in [1.807, 2.05) is 18.7 Å². The molecule has 0 radical (unpaired) electrons. The molecular weight excluding hydrogens is 250 g/mol. The summed E-state index contributed by atoms with van der Waals surface area (Å²) in [6, 6.07) is 0.362. The van der Waals surface area contributed by atoms with E-state index >= 15 is 0 Å². The van der Waals surface area contributed by atoms with E-state index in [2.05, 4.69) is 21.8 Å². The van der Waals surface area contributed by atoms with E-state index in [9.17, 15) is 4.79 Å². The van der Waals surface area contributed by atoms with Crippen LogP contribution in [-0.2, 0) is 4.74 Å². The number of ether oxygens (including phenoxy) is 1. The number of aromatic nitrogens is 2. The van der Waals surface area contributed by atoms with Gasteiger partial charge in [-0.05, 0) is 13.8 Å². The Bertz CT molecular complexity index is 453. The van der Waals surface area contributed by atoms with Crippen LogP contribution in [0.1, 0.15) is 23.1 Å². The predicted molar refractivity (Wildman–Crippen MR) is 72.2 cm³/mol. The Hall–Kier alpha value is -1.30. The van der Waals surface area contributed by atoms with Crippen molar-refractivity contribution in [3.63, 3.8) is 0 Å². The number of hydrogen-bond donors (Lipinski definition) is 0. The molecule has 1 atom stereocenters. The highest BCUT2D eigenvalue weighted by atomic mass is 32.2. The first-order chi connectivity index (χ1) is 8.63. The lowest BCUT2D eigenvalue weighted by Gasteiger charge is -2.34. The Morgan fingerprint density at radius 3 is 3.06 bits per heavy atom. The SMILES string of the molecule is COC(=O)c1cnc(C)nc1N1CCSCC1C. The van der Waals surface area contributed by atoms with E-state index in [1.165, 1.54) is 7.11 Å². The first-order valence-corrected chi connectivity index (χ1v) is 7.05. The van der Waals surface area contributed by atoms with Gasteiger partial charge in [0.15, 0.2) is 0 Å². The van der Waals surface area contributed by atoms with Crippen molar-refractivity contribution in [3.05, 3.63) is 17.6 Å². The third-order valence-electron chi connectivity index (χ3n) is 2.93. The quantitative estimate of drug-likeness (QED) is 0.757. The number of hydrogen-bond acceptors (Lipinski definition) is 6. The average molecular weight is 267 g/mol. The molecule has 2 heterocycles. The average Bonchev–Trinajstić information content (AvgIpc) is 2.38. The van der Waals surface area contributed by atoms with Crippen molar-refractivity contribution < 1.29 is 9.53 Å². The van der Waals surface area contributed by atoms with Crippen molar-refractivity contribution in [2.24, 2.45) is 0 Å². The maximum Gasteiger partial charge on any atom is 0.343 e. The topological polar surface area (TPSA) is 55.3 Å². The normalized spacial score (nSPS) is 19.7. The molecule has 1 aromatic heterocycles. The van der Waals surface area contributed by atoms with Gasteiger partial charge in [0.25, 0.3) is 0 Å². The van der Waals surface area contributed by atoms with Crippen LogP contribution >= 0.6 is 11.8 Å². The van der Waals surface area contributed by atoms with E-state index < -0.39 is 0 Å². The molecule has 1 fully saturated rings. The van der Waals surface area contributed by atoms with Crippen molar-refractivity contribution in [1.82, 2.24) is 9.97 Å². The fraction of sp³-hybridized carbons (Fsp3) is 0.583. The zero-order valence-corrected chi connectivity index (χ0v) is 11.7. The number of aryl methyl sites for hydroxylation is 1. The highest BCUT2D eigenvalue weighted by molar-refractivity contribution is 7.99. The Labute approximate surface area is 111 Å². The van der Waals surface area contributed by atoms with Gasteiger partial charge in [0.2, 0.25) is 0 Å². The minimum absolute atomic E-state index is 0.362. The van der Waals surface area contributed by atoms with Crippen LogP contribution in [0.4, 0.5) is 5.82 Å². The molecule has 5 nitrogen and oxygen atoms in total. The Kier molecular flexibility index (Phi) is 4.06. The molecule has 1 aliphatic rings. The van der Waals surface area contributed by atoms with Crippen LogP contribution in [-0.4, -0.2) is 47.1 Å². The molecule has 0 saturated carbocycles. The minimum Gasteiger partial charge on any atom is -0.465 e. The van der Waals surface area contributed by atoms with E-state index in [0.717, 1.165) is 18.1 Å². The van der Waals surface area contributed by atoms with Crippen LogP contribution in [0, 0.1) is 6.92 Å². The van der Waals surface area contributed by atoms with E-state index in [-0.39, 0.29) is 5.97 Å². The van der Waals surface area contributed by atoms with Gasteiger partial charge in [0, 0.05) is 30.3 Å². The van der Waals surface area contributed by atoms with Gasteiger partial charge in [-0.15, -0.1) is 0 Å². The third-order valence-corrected chi connectivity index (χ3v) is 4.12. The lowest BCUT2D eigenvalue weighted by Crippen LogP contribution is -2.42. The molecule has 18 heavy (non-hydrogen) atoms. The molecule has 0 N–H and O–H groups in total. The zero-order valence-electron chi connectivity index (χ0n) is 10.8. The van der Waals surface area contributed by atoms with Gasteiger partial charge in [0.05, 0.1) is 7.11 Å². The highest BCUT2D eigenvalue weighted by Gasteiger charge is 2.25. The summed E-state index contributed by atoms with van der Waals surface area (Å²) in [4.78, 5) is 22.4. The summed E-state index contributed by atoms with van der Waals surface area (Å²) < 4.78 is 4.79. The summed E-state index contributed by atoms with van der Waals surface area (Å²) in [6.45, 7) is 4.87. The van der Waals surface area contributed by atoms with Crippen LogP contribution in [0.2, 0.25) is 0 Å². The second-order valence-corrected chi connectivity index (χ2v) is 5.41. The third kappa shape index (κ3) is 2.58. The van der Waals surface area contributed by atoms with Gasteiger partial charge >= 0.3 is 5.97 Å². The lowest BCUT2D eigenvalue weighted by atomic mass is 10.2. The summed E-state index contributed by atoms with van der Waals surface area (Å²) in [7, 11) is 1.38. The first-order valence-electron chi connectivity index (χ1n) is 5.90. The Morgan fingerprint density at radius 2 is 2.39 bits per heavy atom. The second kappa shape index (κ2) is 5.56. The summed E-state index contributed by atoms with van der Waals surface area (Å²) >= 11 is 1.92. The molecular formula is C12H17N3O2S. The van der Waals surface area contributed by atoms with Crippen LogP contribution in [0.5, 0.6) is 0 Å². The van der Waals surface area contributed by atoms with Gasteiger partial charge in [-0.1, -0.05) is 0 Å². The monoisotopic (exact) mass is 267 g/mol. The summed E-state index contributed by atoms with van der Waals surface area (Å²) in [5.41, 5.74) is 0.446. The summed E-state index contributed by atoms with van der Waals surface area (Å²) in [5, 5.41) is 0. The smallest absolute Gasteiger partial charge is 0.343 e. The second-order valence-electron chi connectivity index (χ2n) is 4.26. The molecule has 0 spiro atoms. The standard InChI is InChI=1S/C12H17N3O2S/c1-8-7-18-5-4-15(8)11-10(12(16)17-3)6-13-9(2)14-11/h6,8H,4-5,7H2,1-3H3. The number of anilines is 1. The van der Waals surface area contributed by atoms with Crippen LogP contribution in [0.3, 0.4) is 0 Å². The van der Waals surface area contributed by atoms with Crippen molar-refractivity contribution in [2.75, 3.05) is 30.1 Å². The maximum atomic E-state index is 11.8. The van der Waals surface area contributed by atoms with Gasteiger partial charge in [0.1, 0.15) is 17.2 Å². The number of carbonyl (C=O) groups is 1. The largest absolute Gasteiger partial charge is 0.465 e. The number of esters is 1. The number of carbonyl (C=O) groups excluding carboxylic acids is 1. The van der Waals surface area contributed by atoms with Crippen molar-refractivity contribution >= 4 is 23.5 Å².